The SMILES string of the molecule is C[C@@H](O)C(CO)OC(Sc1cc(Cl)cnc1C#N)[C@@H](O)Cn1cc(-c2cc(F)c(F)c(F)c2)nn1. The number of benzene rings is 1. The van der Waals surface area contributed by atoms with E-state index in [2.05, 4.69) is 15.3 Å². The number of halogens is 4. The molecule has 3 aromatic rings. The first-order valence-electron chi connectivity index (χ1n) is 10.0. The monoisotopic (exact) mass is 529 g/mol. The Morgan fingerprint density at radius 1 is 1.23 bits per heavy atom. The number of aliphatic hydroxyl groups excluding tert-OH is 3. The number of nitriles is 1. The van der Waals surface area contributed by atoms with Crippen LogP contribution in [-0.4, -0.2) is 65.7 Å². The van der Waals surface area contributed by atoms with Crippen molar-refractivity contribution in [2.75, 3.05) is 6.61 Å². The summed E-state index contributed by atoms with van der Waals surface area (Å²) >= 11 is 6.86. The van der Waals surface area contributed by atoms with E-state index < -0.39 is 47.8 Å². The molecule has 2 heterocycles. The molecule has 186 valence electrons. The molecule has 35 heavy (non-hydrogen) atoms. The zero-order valence-corrected chi connectivity index (χ0v) is 19.6. The molecule has 0 aliphatic rings. The molecule has 0 saturated heterocycles. The predicted molar refractivity (Wildman–Crippen MR) is 119 cm³/mol. The molecule has 0 aliphatic heterocycles. The maximum Gasteiger partial charge on any atom is 0.194 e. The van der Waals surface area contributed by atoms with Crippen molar-refractivity contribution >= 4 is 23.4 Å². The van der Waals surface area contributed by atoms with Gasteiger partial charge < -0.3 is 20.1 Å². The normalized spacial score (nSPS) is 14.8. The quantitative estimate of drug-likeness (QED) is 0.205. The molecule has 0 saturated carbocycles. The van der Waals surface area contributed by atoms with Crippen LogP contribution in [0, 0.1) is 28.8 Å². The Hall–Kier alpha value is -2.73. The van der Waals surface area contributed by atoms with Crippen LogP contribution in [0.15, 0.2) is 35.5 Å². The van der Waals surface area contributed by atoms with E-state index in [1.165, 1.54) is 25.4 Å². The van der Waals surface area contributed by atoms with Crippen LogP contribution in [0.25, 0.3) is 11.3 Å². The number of hydrogen-bond acceptors (Lipinski definition) is 9. The second-order valence-corrected chi connectivity index (χ2v) is 8.92. The van der Waals surface area contributed by atoms with Crippen LogP contribution < -0.4 is 0 Å². The summed E-state index contributed by atoms with van der Waals surface area (Å²) < 4.78 is 47.2. The lowest BCUT2D eigenvalue weighted by Crippen LogP contribution is -2.39. The number of ether oxygens (including phenoxy) is 1. The molecule has 0 bridgehead atoms. The smallest absolute Gasteiger partial charge is 0.194 e. The maximum atomic E-state index is 13.6. The minimum Gasteiger partial charge on any atom is -0.394 e. The van der Waals surface area contributed by atoms with E-state index in [1.54, 1.807) is 0 Å². The first-order valence-corrected chi connectivity index (χ1v) is 11.3. The van der Waals surface area contributed by atoms with Gasteiger partial charge in [-0.05, 0) is 25.1 Å². The number of pyridine rings is 1. The molecule has 2 aromatic heterocycles. The fraction of sp³-hybridized carbons (Fsp3) is 0.333. The van der Waals surface area contributed by atoms with Crippen molar-refractivity contribution in [2.45, 2.75) is 42.1 Å². The molecule has 0 radical (unpaired) electrons. The molecule has 14 heteroatoms. The highest BCUT2D eigenvalue weighted by molar-refractivity contribution is 7.99. The van der Waals surface area contributed by atoms with Gasteiger partial charge in [-0.3, -0.25) is 0 Å². The van der Waals surface area contributed by atoms with E-state index in [1.807, 2.05) is 6.07 Å². The molecule has 0 spiro atoms. The highest BCUT2D eigenvalue weighted by Crippen LogP contribution is 2.32. The standard InChI is InChI=1S/C21H19ClF3N5O4S/c1-10(32)18(9-31)34-21(35-19-4-12(22)6-27-15(19)5-26)17(33)8-30-7-16(28-29-30)11-2-13(23)20(25)14(24)3-11/h2-4,6-7,10,17-18,21,31-33H,8-9H2,1H3/t10-,17+,18?,21?/m1/s1. The number of thioether (sulfide) groups is 1. The van der Waals surface area contributed by atoms with Crippen LogP contribution in [0.3, 0.4) is 0 Å². The summed E-state index contributed by atoms with van der Waals surface area (Å²) in [6.45, 7) is 0.585. The molecule has 3 N–H and O–H groups in total. The average molecular weight is 530 g/mol. The van der Waals surface area contributed by atoms with Gasteiger partial charge in [0.05, 0.1) is 30.5 Å². The van der Waals surface area contributed by atoms with Gasteiger partial charge in [0.1, 0.15) is 29.4 Å². The van der Waals surface area contributed by atoms with Gasteiger partial charge in [0.15, 0.2) is 23.1 Å². The summed E-state index contributed by atoms with van der Waals surface area (Å²) in [4.78, 5) is 4.20. The van der Waals surface area contributed by atoms with Gasteiger partial charge in [0, 0.05) is 16.7 Å². The molecule has 1 aromatic carbocycles. The molecular weight excluding hydrogens is 511 g/mol. The van der Waals surface area contributed by atoms with Crippen molar-refractivity contribution < 1.29 is 33.2 Å². The summed E-state index contributed by atoms with van der Waals surface area (Å²) in [6, 6.07) is 4.86. The van der Waals surface area contributed by atoms with E-state index in [0.29, 0.717) is 0 Å². The van der Waals surface area contributed by atoms with Gasteiger partial charge in [0.25, 0.3) is 0 Å². The van der Waals surface area contributed by atoms with Gasteiger partial charge in [-0.15, -0.1) is 5.10 Å². The summed E-state index contributed by atoms with van der Waals surface area (Å²) in [5, 5.41) is 47.4. The molecule has 9 nitrogen and oxygen atoms in total. The summed E-state index contributed by atoms with van der Waals surface area (Å²) in [5.41, 5.74) is -1.19. The van der Waals surface area contributed by atoms with Crippen molar-refractivity contribution in [1.82, 2.24) is 20.0 Å². The topological polar surface area (TPSA) is 137 Å². The highest BCUT2D eigenvalue weighted by atomic mass is 35.5. The van der Waals surface area contributed by atoms with Crippen LogP contribution in [0.1, 0.15) is 12.6 Å². The second-order valence-electron chi connectivity index (χ2n) is 7.34. The zero-order valence-electron chi connectivity index (χ0n) is 18.0. The molecular formula is C21H19ClF3N5O4S. The van der Waals surface area contributed by atoms with Gasteiger partial charge in [-0.2, -0.15) is 5.26 Å². The highest BCUT2D eigenvalue weighted by Gasteiger charge is 2.29. The first-order chi connectivity index (χ1) is 16.6. The molecule has 0 amide bonds. The van der Waals surface area contributed by atoms with E-state index in [-0.39, 0.29) is 33.4 Å². The fourth-order valence-electron chi connectivity index (χ4n) is 2.90. The fourth-order valence-corrected chi connectivity index (χ4v) is 4.22. The van der Waals surface area contributed by atoms with Crippen molar-refractivity contribution in [3.63, 3.8) is 0 Å². The van der Waals surface area contributed by atoms with Gasteiger partial charge in [-0.1, -0.05) is 28.6 Å². The first kappa shape index (κ1) is 26.9. The number of nitrogens with zero attached hydrogens (tertiary/aromatic N) is 5. The lowest BCUT2D eigenvalue weighted by molar-refractivity contribution is -0.0972. The van der Waals surface area contributed by atoms with Gasteiger partial charge >= 0.3 is 0 Å². The van der Waals surface area contributed by atoms with Crippen LogP contribution >= 0.6 is 23.4 Å². The van der Waals surface area contributed by atoms with E-state index >= 15 is 0 Å². The Morgan fingerprint density at radius 2 is 1.91 bits per heavy atom. The summed E-state index contributed by atoms with van der Waals surface area (Å²) in [6.07, 6.45) is -0.965. The van der Waals surface area contributed by atoms with Crippen LogP contribution in [-0.2, 0) is 11.3 Å². The van der Waals surface area contributed by atoms with E-state index in [9.17, 15) is 33.8 Å². The zero-order chi connectivity index (χ0) is 25.7. The Labute approximate surface area is 206 Å². The summed E-state index contributed by atoms with van der Waals surface area (Å²) in [7, 11) is 0. The van der Waals surface area contributed by atoms with Crippen molar-refractivity contribution in [3.8, 4) is 17.3 Å². The van der Waals surface area contributed by atoms with Crippen LogP contribution in [0.2, 0.25) is 5.02 Å². The Kier molecular flexibility index (Phi) is 9.06. The predicted octanol–water partition coefficient (Wildman–Crippen LogP) is 2.52. The Balaban J connectivity index is 1.85. The molecule has 4 atom stereocenters. The lowest BCUT2D eigenvalue weighted by Gasteiger charge is -2.28. The minimum absolute atomic E-state index is 0.0150. The van der Waals surface area contributed by atoms with Crippen molar-refractivity contribution in [3.05, 3.63) is 58.8 Å². The number of hydrogen-bond donors (Lipinski definition) is 3. The third-order valence-electron chi connectivity index (χ3n) is 4.70. The van der Waals surface area contributed by atoms with Crippen LogP contribution in [0.5, 0.6) is 0 Å². The van der Waals surface area contributed by atoms with Crippen molar-refractivity contribution in [2.24, 2.45) is 0 Å². The van der Waals surface area contributed by atoms with E-state index in [4.69, 9.17) is 16.3 Å². The third kappa shape index (κ3) is 6.69. The van der Waals surface area contributed by atoms with E-state index in [0.717, 1.165) is 28.6 Å². The van der Waals surface area contributed by atoms with Gasteiger partial charge in [0.2, 0.25) is 0 Å². The van der Waals surface area contributed by atoms with Gasteiger partial charge in [-0.25, -0.2) is 22.8 Å². The lowest BCUT2D eigenvalue weighted by atomic mass is 10.1. The number of aliphatic hydroxyl groups is 3. The Bertz CT molecular complexity index is 1200. The molecule has 2 unspecified atom stereocenters. The number of aromatic nitrogens is 4. The second kappa shape index (κ2) is 11.8. The largest absolute Gasteiger partial charge is 0.394 e. The third-order valence-corrected chi connectivity index (χ3v) is 6.13. The number of rotatable bonds is 10. The Morgan fingerprint density at radius 3 is 2.51 bits per heavy atom. The molecule has 3 rings (SSSR count). The minimum atomic E-state index is -1.61. The molecule has 0 aliphatic carbocycles. The summed E-state index contributed by atoms with van der Waals surface area (Å²) in [5.74, 6) is -4.40. The van der Waals surface area contributed by atoms with Crippen LogP contribution in [0.4, 0.5) is 13.2 Å². The average Bonchev–Trinajstić information content (AvgIpc) is 3.28. The maximum absolute atomic E-state index is 13.6. The van der Waals surface area contributed by atoms with Crippen molar-refractivity contribution in [1.29, 1.82) is 5.26 Å². The molecule has 0 fully saturated rings.